The summed E-state index contributed by atoms with van der Waals surface area (Å²) in [7, 11) is 0. The molecule has 5 nitrogen and oxygen atoms in total. The lowest BCUT2D eigenvalue weighted by Crippen LogP contribution is -2.44. The molecule has 74 valence electrons. The van der Waals surface area contributed by atoms with Gasteiger partial charge < -0.3 is 10.7 Å². The quantitative estimate of drug-likeness (QED) is 0.458. The minimum absolute atomic E-state index is 0.0502. The van der Waals surface area contributed by atoms with Crippen molar-refractivity contribution in [1.82, 2.24) is 16.2 Å². The van der Waals surface area contributed by atoms with Crippen LogP contribution < -0.4 is 16.2 Å². The molecule has 0 aromatic rings. The molecular formula is C9H12N4O. The van der Waals surface area contributed by atoms with Crippen LogP contribution in [0, 0.1) is 5.92 Å². The van der Waals surface area contributed by atoms with E-state index >= 15 is 0 Å². The molecule has 0 saturated carbocycles. The molecule has 3 N–H and O–H groups in total. The minimum Gasteiger partial charge on any atom is -0.309 e. The monoisotopic (exact) mass is 192 g/mol. The Morgan fingerprint density at radius 3 is 3.29 bits per heavy atom. The summed E-state index contributed by atoms with van der Waals surface area (Å²) in [6.45, 7) is 1.61. The Labute approximate surface area is 81.6 Å². The Hall–Kier alpha value is -1.36. The van der Waals surface area contributed by atoms with Crippen molar-refractivity contribution in [2.24, 2.45) is 10.9 Å². The summed E-state index contributed by atoms with van der Waals surface area (Å²) in [5.74, 6) is 0.00298. The van der Waals surface area contributed by atoms with Crippen LogP contribution in [-0.4, -0.2) is 31.3 Å². The third-order valence-electron chi connectivity index (χ3n) is 3.02. The second-order valence-corrected chi connectivity index (χ2v) is 3.82. The first kappa shape index (κ1) is 7.99. The van der Waals surface area contributed by atoms with Gasteiger partial charge in [0.25, 0.3) is 0 Å². The van der Waals surface area contributed by atoms with Gasteiger partial charge >= 0.3 is 0 Å². The van der Waals surface area contributed by atoms with Crippen molar-refractivity contribution in [1.29, 1.82) is 0 Å². The van der Waals surface area contributed by atoms with Gasteiger partial charge in [0.15, 0.2) is 0 Å². The maximum absolute atomic E-state index is 11.4. The lowest BCUT2D eigenvalue weighted by atomic mass is 9.90. The fourth-order valence-corrected chi connectivity index (χ4v) is 2.24. The Bertz CT molecular complexity index is 347. The van der Waals surface area contributed by atoms with Crippen molar-refractivity contribution in [2.75, 3.05) is 13.1 Å². The molecule has 2 unspecified atom stereocenters. The van der Waals surface area contributed by atoms with Crippen molar-refractivity contribution in [3.8, 4) is 0 Å². The van der Waals surface area contributed by atoms with E-state index in [-0.39, 0.29) is 11.8 Å². The first-order valence-electron chi connectivity index (χ1n) is 4.89. The molecule has 2 atom stereocenters. The zero-order valence-electron chi connectivity index (χ0n) is 7.71. The first-order valence-corrected chi connectivity index (χ1v) is 4.89. The lowest BCUT2D eigenvalue weighted by molar-refractivity contribution is -0.122. The predicted molar refractivity (Wildman–Crippen MR) is 51.6 cm³/mol. The van der Waals surface area contributed by atoms with Crippen molar-refractivity contribution in [3.05, 3.63) is 11.3 Å². The van der Waals surface area contributed by atoms with E-state index < -0.39 is 0 Å². The summed E-state index contributed by atoms with van der Waals surface area (Å²) in [5, 5.41) is 3.37. The summed E-state index contributed by atoms with van der Waals surface area (Å²) in [4.78, 5) is 15.6. The van der Waals surface area contributed by atoms with Gasteiger partial charge in [0.05, 0.1) is 11.6 Å². The fourth-order valence-electron chi connectivity index (χ4n) is 2.24. The topological polar surface area (TPSA) is 65.5 Å². The smallest absolute Gasteiger partial charge is 0.248 e. The van der Waals surface area contributed by atoms with E-state index in [1.165, 1.54) is 0 Å². The van der Waals surface area contributed by atoms with Crippen LogP contribution in [0.1, 0.15) is 6.42 Å². The summed E-state index contributed by atoms with van der Waals surface area (Å²) in [6.07, 6.45) is 2.91. The summed E-state index contributed by atoms with van der Waals surface area (Å²) in [6, 6.07) is 0.374. The predicted octanol–water partition coefficient (Wildman–Crippen LogP) is -1.06. The number of rotatable bonds is 0. The van der Waals surface area contributed by atoms with Crippen LogP contribution in [0.15, 0.2) is 16.3 Å². The Kier molecular flexibility index (Phi) is 1.61. The number of nitrogens with one attached hydrogen (secondary N) is 3. The maximum Gasteiger partial charge on any atom is 0.248 e. The maximum atomic E-state index is 11.4. The van der Waals surface area contributed by atoms with Crippen LogP contribution in [0.3, 0.4) is 0 Å². The van der Waals surface area contributed by atoms with Crippen LogP contribution in [0.2, 0.25) is 0 Å². The average molecular weight is 192 g/mol. The van der Waals surface area contributed by atoms with Crippen LogP contribution in [0.5, 0.6) is 0 Å². The Balaban J connectivity index is 2.05. The molecule has 1 fully saturated rings. The average Bonchev–Trinajstić information content (AvgIpc) is 2.61. The molecule has 0 aliphatic carbocycles. The van der Waals surface area contributed by atoms with Crippen LogP contribution >= 0.6 is 0 Å². The number of carbonyl (C=O) groups is 1. The molecule has 0 aromatic heterocycles. The molecule has 5 heteroatoms. The molecule has 0 radical (unpaired) electrons. The molecule has 1 saturated heterocycles. The molecule has 0 bridgehead atoms. The van der Waals surface area contributed by atoms with Gasteiger partial charge in [-0.15, -0.1) is 0 Å². The number of hydrogen-bond donors (Lipinski definition) is 3. The second kappa shape index (κ2) is 2.81. The van der Waals surface area contributed by atoms with E-state index in [1.54, 1.807) is 0 Å². The number of carbonyl (C=O) groups excluding carboxylic acids is 1. The zero-order valence-corrected chi connectivity index (χ0v) is 7.71. The van der Waals surface area contributed by atoms with E-state index in [0.29, 0.717) is 6.04 Å². The fraction of sp³-hybridized carbons (Fsp3) is 0.556. The summed E-state index contributed by atoms with van der Waals surface area (Å²) in [5.41, 5.74) is 7.76. The highest BCUT2D eigenvalue weighted by molar-refractivity contribution is 5.90. The molecule has 1 amide bonds. The zero-order chi connectivity index (χ0) is 9.54. The van der Waals surface area contributed by atoms with Gasteiger partial charge in [-0.3, -0.25) is 15.2 Å². The molecule has 3 aliphatic rings. The van der Waals surface area contributed by atoms with Gasteiger partial charge in [-0.1, -0.05) is 0 Å². The van der Waals surface area contributed by atoms with E-state index in [1.807, 2.05) is 6.21 Å². The summed E-state index contributed by atoms with van der Waals surface area (Å²) < 4.78 is 0. The molecule has 3 rings (SSSR count). The van der Waals surface area contributed by atoms with Gasteiger partial charge in [0.1, 0.15) is 0 Å². The van der Waals surface area contributed by atoms with Gasteiger partial charge in [0.2, 0.25) is 5.91 Å². The van der Waals surface area contributed by atoms with Crippen LogP contribution in [0.25, 0.3) is 0 Å². The van der Waals surface area contributed by atoms with Crippen LogP contribution in [0.4, 0.5) is 0 Å². The van der Waals surface area contributed by atoms with Crippen molar-refractivity contribution in [2.45, 2.75) is 12.5 Å². The van der Waals surface area contributed by atoms with E-state index in [2.05, 4.69) is 21.2 Å². The van der Waals surface area contributed by atoms with E-state index in [9.17, 15) is 4.79 Å². The van der Waals surface area contributed by atoms with E-state index in [0.717, 1.165) is 30.8 Å². The number of aliphatic imine (C=N–C) groups is 1. The number of hydrazine groups is 1. The number of nitrogens with zero attached hydrogens (tertiary/aromatic N) is 1. The second-order valence-electron chi connectivity index (χ2n) is 3.82. The highest BCUT2D eigenvalue weighted by atomic mass is 16.2. The highest BCUT2D eigenvalue weighted by Crippen LogP contribution is 2.25. The number of amides is 1. The lowest BCUT2D eigenvalue weighted by Gasteiger charge is -2.30. The van der Waals surface area contributed by atoms with Gasteiger partial charge in [0, 0.05) is 30.9 Å². The standard InChI is InChI=1S/C9H12N4O/c14-9-6-4-11-7-1-2-10-3-5(7)8(6)12-13-9/h3,6-7,11-12H,1-2,4H2,(H,13,14). The molecule has 14 heavy (non-hydrogen) atoms. The molecule has 3 heterocycles. The molecule has 3 aliphatic heterocycles. The Morgan fingerprint density at radius 2 is 2.36 bits per heavy atom. The third-order valence-corrected chi connectivity index (χ3v) is 3.02. The largest absolute Gasteiger partial charge is 0.309 e. The van der Waals surface area contributed by atoms with Gasteiger partial charge in [-0.25, -0.2) is 0 Å². The number of hydrogen-bond acceptors (Lipinski definition) is 4. The summed E-state index contributed by atoms with van der Waals surface area (Å²) >= 11 is 0. The third kappa shape index (κ3) is 0.988. The van der Waals surface area contributed by atoms with Crippen molar-refractivity contribution < 1.29 is 4.79 Å². The number of fused-ring (bicyclic) bond motifs is 2. The Morgan fingerprint density at radius 1 is 1.43 bits per heavy atom. The van der Waals surface area contributed by atoms with Crippen molar-refractivity contribution in [3.63, 3.8) is 0 Å². The molecular weight excluding hydrogens is 180 g/mol. The van der Waals surface area contributed by atoms with Crippen molar-refractivity contribution >= 4 is 12.1 Å². The SMILES string of the molecule is O=C1NNC2=C3C=NCCC3NCC12. The molecule has 0 spiro atoms. The van der Waals surface area contributed by atoms with Gasteiger partial charge in [-0.2, -0.15) is 0 Å². The van der Waals surface area contributed by atoms with Gasteiger partial charge in [-0.05, 0) is 6.42 Å². The highest BCUT2D eigenvalue weighted by Gasteiger charge is 2.37. The molecule has 0 aromatic carbocycles. The normalized spacial score (nSPS) is 34.7. The first-order chi connectivity index (χ1) is 6.86. The van der Waals surface area contributed by atoms with Crippen LogP contribution in [-0.2, 0) is 4.79 Å². The minimum atomic E-state index is -0.0502. The van der Waals surface area contributed by atoms with E-state index in [4.69, 9.17) is 0 Å².